The lowest BCUT2D eigenvalue weighted by molar-refractivity contribution is 0.434. The number of aryl methyl sites for hydroxylation is 2. The molecule has 1 fully saturated rings. The maximum Gasteiger partial charge on any atom is 0.252 e. The second-order valence-electron chi connectivity index (χ2n) is 8.19. The fraction of sp³-hybridized carbons (Fsp3) is 0.391. The van der Waals surface area contributed by atoms with E-state index in [4.69, 9.17) is 4.98 Å². The standard InChI is InChI=1S/C23H28N6O/c1-14-8-10-29(11-9-14)23-24-13-18(17(4)25-23)20-12-21(30)28-22(27-20)26-19-7-5-6-15(2)16(19)3/h5-7,12-14H,8-11H2,1-4H3,(H2,26,27,28,30). The highest BCUT2D eigenvalue weighted by atomic mass is 16.1. The van der Waals surface area contributed by atoms with Crippen LogP contribution in [-0.4, -0.2) is 33.0 Å². The van der Waals surface area contributed by atoms with Crippen molar-refractivity contribution in [1.82, 2.24) is 19.9 Å². The summed E-state index contributed by atoms with van der Waals surface area (Å²) in [5, 5.41) is 3.23. The van der Waals surface area contributed by atoms with Gasteiger partial charge in [0, 0.05) is 36.6 Å². The zero-order chi connectivity index (χ0) is 21.3. The van der Waals surface area contributed by atoms with Crippen molar-refractivity contribution in [2.75, 3.05) is 23.3 Å². The van der Waals surface area contributed by atoms with Crippen molar-refractivity contribution < 1.29 is 0 Å². The fourth-order valence-corrected chi connectivity index (χ4v) is 3.74. The van der Waals surface area contributed by atoms with Gasteiger partial charge in [-0.3, -0.25) is 9.78 Å². The van der Waals surface area contributed by atoms with Gasteiger partial charge >= 0.3 is 0 Å². The van der Waals surface area contributed by atoms with Crippen LogP contribution >= 0.6 is 0 Å². The van der Waals surface area contributed by atoms with E-state index < -0.39 is 0 Å². The van der Waals surface area contributed by atoms with Crippen LogP contribution in [0.1, 0.15) is 36.6 Å². The van der Waals surface area contributed by atoms with E-state index in [-0.39, 0.29) is 5.56 Å². The van der Waals surface area contributed by atoms with Crippen molar-refractivity contribution in [1.29, 1.82) is 0 Å². The van der Waals surface area contributed by atoms with E-state index >= 15 is 0 Å². The van der Waals surface area contributed by atoms with Crippen LogP contribution in [0.5, 0.6) is 0 Å². The number of hydrogen-bond donors (Lipinski definition) is 2. The van der Waals surface area contributed by atoms with Crippen molar-refractivity contribution in [2.24, 2.45) is 5.92 Å². The zero-order valence-electron chi connectivity index (χ0n) is 18.0. The van der Waals surface area contributed by atoms with Crippen LogP contribution < -0.4 is 15.8 Å². The Balaban J connectivity index is 1.62. The number of hydrogen-bond acceptors (Lipinski definition) is 6. The summed E-state index contributed by atoms with van der Waals surface area (Å²) in [4.78, 5) is 31.2. The molecule has 0 radical (unpaired) electrons. The first-order valence-corrected chi connectivity index (χ1v) is 10.4. The molecule has 1 aliphatic heterocycles. The molecule has 2 N–H and O–H groups in total. The lowest BCUT2D eigenvalue weighted by atomic mass is 10.00. The minimum Gasteiger partial charge on any atom is -0.341 e. The third kappa shape index (κ3) is 4.20. The smallest absolute Gasteiger partial charge is 0.252 e. The van der Waals surface area contributed by atoms with Gasteiger partial charge < -0.3 is 10.2 Å². The van der Waals surface area contributed by atoms with Gasteiger partial charge in [-0.25, -0.2) is 15.0 Å². The van der Waals surface area contributed by atoms with Gasteiger partial charge in [0.05, 0.1) is 11.4 Å². The Bertz CT molecular complexity index is 1110. The number of benzene rings is 1. The van der Waals surface area contributed by atoms with Crippen molar-refractivity contribution in [3.05, 3.63) is 57.6 Å². The first-order chi connectivity index (χ1) is 14.4. The third-order valence-electron chi connectivity index (χ3n) is 5.91. The number of nitrogens with zero attached hydrogens (tertiary/aromatic N) is 4. The first kappa shape index (κ1) is 20.1. The van der Waals surface area contributed by atoms with Crippen molar-refractivity contribution in [2.45, 2.75) is 40.5 Å². The molecule has 0 atom stereocenters. The van der Waals surface area contributed by atoms with Crippen LogP contribution in [0.2, 0.25) is 0 Å². The van der Waals surface area contributed by atoms with E-state index in [0.29, 0.717) is 11.6 Å². The molecule has 0 bridgehead atoms. The Kier molecular flexibility index (Phi) is 5.53. The van der Waals surface area contributed by atoms with Gasteiger partial charge in [0.2, 0.25) is 11.9 Å². The molecule has 7 heteroatoms. The largest absolute Gasteiger partial charge is 0.341 e. The van der Waals surface area contributed by atoms with E-state index in [1.54, 1.807) is 6.20 Å². The van der Waals surface area contributed by atoms with Crippen molar-refractivity contribution >= 4 is 17.6 Å². The Morgan fingerprint density at radius 1 is 1.13 bits per heavy atom. The highest BCUT2D eigenvalue weighted by Gasteiger charge is 2.19. The van der Waals surface area contributed by atoms with Crippen LogP contribution in [0, 0.1) is 26.7 Å². The van der Waals surface area contributed by atoms with E-state index in [0.717, 1.165) is 60.3 Å². The van der Waals surface area contributed by atoms with E-state index in [1.165, 1.54) is 11.6 Å². The molecule has 1 aromatic carbocycles. The molecule has 3 heterocycles. The lowest BCUT2D eigenvalue weighted by Crippen LogP contribution is -2.34. The molecule has 30 heavy (non-hydrogen) atoms. The normalized spacial score (nSPS) is 14.7. The summed E-state index contributed by atoms with van der Waals surface area (Å²) in [5.41, 5.74) is 5.12. The van der Waals surface area contributed by atoms with Crippen LogP contribution in [-0.2, 0) is 0 Å². The first-order valence-electron chi connectivity index (χ1n) is 10.4. The minimum absolute atomic E-state index is 0.221. The maximum absolute atomic E-state index is 12.3. The number of aromatic amines is 1. The molecule has 0 spiro atoms. The number of anilines is 3. The molecule has 4 rings (SSSR count). The van der Waals surface area contributed by atoms with E-state index in [2.05, 4.69) is 45.1 Å². The molecule has 156 valence electrons. The molecule has 0 unspecified atom stereocenters. The highest BCUT2D eigenvalue weighted by molar-refractivity contribution is 5.65. The SMILES string of the molecule is Cc1cccc(Nc2nc(-c3cnc(N4CCC(C)CC4)nc3C)cc(=O)[nH]2)c1C. The molecule has 3 aromatic rings. The third-order valence-corrected chi connectivity index (χ3v) is 5.91. The summed E-state index contributed by atoms with van der Waals surface area (Å²) in [5.74, 6) is 1.91. The van der Waals surface area contributed by atoms with Crippen LogP contribution in [0.25, 0.3) is 11.3 Å². The maximum atomic E-state index is 12.3. The molecule has 7 nitrogen and oxygen atoms in total. The van der Waals surface area contributed by atoms with Crippen LogP contribution in [0.4, 0.5) is 17.6 Å². The van der Waals surface area contributed by atoms with Crippen LogP contribution in [0.3, 0.4) is 0 Å². The predicted octanol–water partition coefficient (Wildman–Crippen LogP) is 4.13. The molecular formula is C23H28N6O. The fourth-order valence-electron chi connectivity index (χ4n) is 3.74. The van der Waals surface area contributed by atoms with Gasteiger partial charge in [-0.2, -0.15) is 0 Å². The average Bonchev–Trinajstić information content (AvgIpc) is 2.71. The van der Waals surface area contributed by atoms with E-state index in [9.17, 15) is 4.79 Å². The highest BCUT2D eigenvalue weighted by Crippen LogP contribution is 2.25. The zero-order valence-corrected chi connectivity index (χ0v) is 18.0. The topological polar surface area (TPSA) is 86.8 Å². The van der Waals surface area contributed by atoms with Gasteiger partial charge in [-0.15, -0.1) is 0 Å². The van der Waals surface area contributed by atoms with Gasteiger partial charge in [-0.1, -0.05) is 19.1 Å². The summed E-state index contributed by atoms with van der Waals surface area (Å²) < 4.78 is 0. The summed E-state index contributed by atoms with van der Waals surface area (Å²) in [6, 6.07) is 7.49. The lowest BCUT2D eigenvalue weighted by Gasteiger charge is -2.30. The number of aromatic nitrogens is 4. The van der Waals surface area contributed by atoms with Gasteiger partial charge in [-0.05, 0) is 56.7 Å². The monoisotopic (exact) mass is 404 g/mol. The summed E-state index contributed by atoms with van der Waals surface area (Å²) >= 11 is 0. The number of H-pyrrole nitrogens is 1. The Morgan fingerprint density at radius 3 is 2.63 bits per heavy atom. The van der Waals surface area contributed by atoms with Crippen LogP contribution in [0.15, 0.2) is 35.3 Å². The Hall–Kier alpha value is -3.22. The van der Waals surface area contributed by atoms with Gasteiger partial charge in [0.1, 0.15) is 0 Å². The minimum atomic E-state index is -0.221. The van der Waals surface area contributed by atoms with Gasteiger partial charge in [0.15, 0.2) is 0 Å². The number of piperidine rings is 1. The molecule has 0 aliphatic carbocycles. The number of nitrogens with one attached hydrogen (secondary N) is 2. The average molecular weight is 405 g/mol. The molecule has 1 saturated heterocycles. The predicted molar refractivity (Wildman–Crippen MR) is 120 cm³/mol. The van der Waals surface area contributed by atoms with Crippen molar-refractivity contribution in [3.8, 4) is 11.3 Å². The Labute approximate surface area is 176 Å². The molecule has 2 aromatic heterocycles. The summed E-state index contributed by atoms with van der Waals surface area (Å²) in [6.45, 7) is 10.3. The van der Waals surface area contributed by atoms with Gasteiger partial charge in [0.25, 0.3) is 5.56 Å². The summed E-state index contributed by atoms with van der Waals surface area (Å²) in [7, 11) is 0. The quantitative estimate of drug-likeness (QED) is 0.680. The van der Waals surface area contributed by atoms with Crippen molar-refractivity contribution in [3.63, 3.8) is 0 Å². The molecular weight excluding hydrogens is 376 g/mol. The van der Waals surface area contributed by atoms with E-state index in [1.807, 2.05) is 26.0 Å². The second-order valence-corrected chi connectivity index (χ2v) is 8.19. The second kappa shape index (κ2) is 8.26. The molecule has 0 amide bonds. The molecule has 1 aliphatic rings. The number of rotatable bonds is 4. The Morgan fingerprint density at radius 2 is 1.90 bits per heavy atom. The summed E-state index contributed by atoms with van der Waals surface area (Å²) in [6.07, 6.45) is 4.10. The molecule has 0 saturated carbocycles.